The van der Waals surface area contributed by atoms with Crippen LogP contribution in [0.4, 0.5) is 0 Å². The molecule has 2 rings (SSSR count). The fraction of sp³-hybridized carbons (Fsp3) is 0.647. The first-order chi connectivity index (χ1) is 10.2. The third-order valence-corrected chi connectivity index (χ3v) is 3.77. The molecular formula is C17H27NO3. The monoisotopic (exact) mass is 293 g/mol. The molecule has 1 saturated heterocycles. The van der Waals surface area contributed by atoms with Gasteiger partial charge in [-0.3, -0.25) is 0 Å². The average molecular weight is 293 g/mol. The van der Waals surface area contributed by atoms with Crippen molar-refractivity contribution in [2.45, 2.75) is 25.6 Å². The minimum absolute atomic E-state index is 0.375. The predicted octanol–water partition coefficient (Wildman–Crippen LogP) is 1.92. The Balaban J connectivity index is 1.58. The van der Waals surface area contributed by atoms with Crippen molar-refractivity contribution < 1.29 is 14.6 Å². The molecule has 21 heavy (non-hydrogen) atoms. The quantitative estimate of drug-likeness (QED) is 0.795. The molecule has 2 unspecified atom stereocenters. The van der Waals surface area contributed by atoms with Crippen LogP contribution < -0.4 is 0 Å². The highest BCUT2D eigenvalue weighted by Gasteiger charge is 2.17. The summed E-state index contributed by atoms with van der Waals surface area (Å²) < 4.78 is 11.1. The highest BCUT2D eigenvalue weighted by atomic mass is 16.5. The van der Waals surface area contributed by atoms with Gasteiger partial charge in [-0.25, -0.2) is 0 Å². The number of ether oxygens (including phenoxy) is 2. The van der Waals surface area contributed by atoms with Crippen molar-refractivity contribution in [2.75, 3.05) is 40.0 Å². The van der Waals surface area contributed by atoms with Crippen LogP contribution in [-0.2, 0) is 16.1 Å². The average Bonchev–Trinajstić information content (AvgIpc) is 2.49. The topological polar surface area (TPSA) is 41.9 Å². The van der Waals surface area contributed by atoms with Gasteiger partial charge in [0.15, 0.2) is 0 Å². The molecule has 1 aliphatic heterocycles. The molecule has 0 radical (unpaired) electrons. The molecule has 0 saturated carbocycles. The van der Waals surface area contributed by atoms with E-state index in [0.717, 1.165) is 31.7 Å². The molecular weight excluding hydrogens is 266 g/mol. The lowest BCUT2D eigenvalue weighted by molar-refractivity contribution is 0.00237. The Bertz CT molecular complexity index is 379. The Hall–Kier alpha value is -0.940. The minimum atomic E-state index is -0.441. The third-order valence-electron chi connectivity index (χ3n) is 3.77. The number of rotatable bonds is 8. The molecule has 1 N–H and O–H groups in total. The summed E-state index contributed by atoms with van der Waals surface area (Å²) in [7, 11) is 2.05. The van der Waals surface area contributed by atoms with Crippen LogP contribution in [0.1, 0.15) is 18.4 Å². The number of hydrogen-bond acceptors (Lipinski definition) is 4. The highest BCUT2D eigenvalue weighted by Crippen LogP contribution is 2.14. The summed E-state index contributed by atoms with van der Waals surface area (Å²) in [5, 5.41) is 10.0. The molecule has 4 nitrogen and oxygen atoms in total. The first-order valence-electron chi connectivity index (χ1n) is 7.80. The second kappa shape index (κ2) is 9.15. The summed E-state index contributed by atoms with van der Waals surface area (Å²) in [6.45, 7) is 4.31. The lowest BCUT2D eigenvalue weighted by atomic mass is 10.0. The summed E-state index contributed by atoms with van der Waals surface area (Å²) in [4.78, 5) is 2.18. The number of likely N-dealkylation sites (N-methyl/N-ethyl adjacent to an activating group) is 1. The van der Waals surface area contributed by atoms with Crippen LogP contribution in [0.25, 0.3) is 0 Å². The molecule has 0 spiro atoms. The molecule has 4 heteroatoms. The Kier molecular flexibility index (Phi) is 7.16. The zero-order valence-corrected chi connectivity index (χ0v) is 12.9. The van der Waals surface area contributed by atoms with Crippen LogP contribution in [0.15, 0.2) is 30.3 Å². The fourth-order valence-electron chi connectivity index (χ4n) is 2.77. The summed E-state index contributed by atoms with van der Waals surface area (Å²) in [6, 6.07) is 10.0. The van der Waals surface area contributed by atoms with Gasteiger partial charge < -0.3 is 19.5 Å². The van der Waals surface area contributed by atoms with Crippen molar-refractivity contribution in [3.63, 3.8) is 0 Å². The Morgan fingerprint density at radius 2 is 2.19 bits per heavy atom. The maximum atomic E-state index is 10.0. The summed E-state index contributed by atoms with van der Waals surface area (Å²) in [6.07, 6.45) is 1.94. The van der Waals surface area contributed by atoms with Crippen molar-refractivity contribution in [3.05, 3.63) is 35.9 Å². The van der Waals surface area contributed by atoms with Crippen LogP contribution in [0, 0.1) is 5.92 Å². The van der Waals surface area contributed by atoms with E-state index in [9.17, 15) is 5.11 Å². The van der Waals surface area contributed by atoms with Crippen LogP contribution in [0.3, 0.4) is 0 Å². The highest BCUT2D eigenvalue weighted by molar-refractivity contribution is 5.13. The van der Waals surface area contributed by atoms with Crippen molar-refractivity contribution in [1.29, 1.82) is 0 Å². The zero-order chi connectivity index (χ0) is 14.9. The van der Waals surface area contributed by atoms with Gasteiger partial charge in [0, 0.05) is 19.7 Å². The molecule has 1 aromatic carbocycles. The first-order valence-corrected chi connectivity index (χ1v) is 7.80. The van der Waals surface area contributed by atoms with Gasteiger partial charge in [-0.2, -0.15) is 0 Å². The zero-order valence-electron chi connectivity index (χ0n) is 12.9. The second-order valence-corrected chi connectivity index (χ2v) is 5.96. The SMILES string of the molecule is CN(CC(O)COCc1ccccc1)CC1CCCOC1. The van der Waals surface area contributed by atoms with Gasteiger partial charge in [0.2, 0.25) is 0 Å². The van der Waals surface area contributed by atoms with Crippen molar-refractivity contribution >= 4 is 0 Å². The van der Waals surface area contributed by atoms with Crippen LogP contribution >= 0.6 is 0 Å². The van der Waals surface area contributed by atoms with E-state index in [1.165, 1.54) is 6.42 Å². The molecule has 1 heterocycles. The van der Waals surface area contributed by atoms with Gasteiger partial charge in [0.1, 0.15) is 0 Å². The van der Waals surface area contributed by atoms with Crippen molar-refractivity contribution in [3.8, 4) is 0 Å². The number of nitrogens with zero attached hydrogens (tertiary/aromatic N) is 1. The standard InChI is InChI=1S/C17H27NO3/c1-18(10-16-8-5-9-20-13-16)11-17(19)14-21-12-15-6-3-2-4-7-15/h2-4,6-7,16-17,19H,5,8-14H2,1H3. The van der Waals surface area contributed by atoms with E-state index in [1.807, 2.05) is 30.3 Å². The van der Waals surface area contributed by atoms with Gasteiger partial charge in [-0.05, 0) is 31.4 Å². The molecule has 0 aromatic heterocycles. The maximum absolute atomic E-state index is 10.0. The summed E-state index contributed by atoms with van der Waals surface area (Å²) in [5.41, 5.74) is 1.14. The van der Waals surface area contributed by atoms with Gasteiger partial charge in [0.25, 0.3) is 0 Å². The Morgan fingerprint density at radius 3 is 2.90 bits per heavy atom. The Labute approximate surface area is 127 Å². The van der Waals surface area contributed by atoms with E-state index < -0.39 is 6.10 Å². The third kappa shape index (κ3) is 6.57. The Morgan fingerprint density at radius 1 is 1.38 bits per heavy atom. The van der Waals surface area contributed by atoms with E-state index in [2.05, 4.69) is 11.9 Å². The van der Waals surface area contributed by atoms with E-state index in [1.54, 1.807) is 0 Å². The predicted molar refractivity (Wildman–Crippen MR) is 83.1 cm³/mol. The minimum Gasteiger partial charge on any atom is -0.389 e. The normalized spacial score (nSPS) is 20.6. The molecule has 0 bridgehead atoms. The van der Waals surface area contributed by atoms with Crippen molar-refractivity contribution in [2.24, 2.45) is 5.92 Å². The van der Waals surface area contributed by atoms with E-state index >= 15 is 0 Å². The van der Waals surface area contributed by atoms with Crippen LogP contribution in [0.5, 0.6) is 0 Å². The first kappa shape index (κ1) is 16.4. The van der Waals surface area contributed by atoms with Gasteiger partial charge in [0.05, 0.1) is 25.9 Å². The molecule has 0 aliphatic carbocycles. The van der Waals surface area contributed by atoms with Crippen LogP contribution in [-0.4, -0.2) is 56.1 Å². The van der Waals surface area contributed by atoms with Gasteiger partial charge in [-0.15, -0.1) is 0 Å². The van der Waals surface area contributed by atoms with E-state index in [4.69, 9.17) is 9.47 Å². The molecule has 0 amide bonds. The number of aliphatic hydroxyl groups excluding tert-OH is 1. The lowest BCUT2D eigenvalue weighted by Gasteiger charge is -2.28. The van der Waals surface area contributed by atoms with E-state index in [-0.39, 0.29) is 0 Å². The van der Waals surface area contributed by atoms with E-state index in [0.29, 0.717) is 25.7 Å². The van der Waals surface area contributed by atoms with Gasteiger partial charge >= 0.3 is 0 Å². The largest absolute Gasteiger partial charge is 0.389 e. The smallest absolute Gasteiger partial charge is 0.0900 e. The number of hydrogen-bond donors (Lipinski definition) is 1. The molecule has 1 aliphatic rings. The number of benzene rings is 1. The van der Waals surface area contributed by atoms with Crippen LogP contribution in [0.2, 0.25) is 0 Å². The lowest BCUT2D eigenvalue weighted by Crippen LogP contribution is -2.37. The molecule has 1 aromatic rings. The molecule has 2 atom stereocenters. The summed E-state index contributed by atoms with van der Waals surface area (Å²) in [5.74, 6) is 0.598. The second-order valence-electron chi connectivity index (χ2n) is 5.96. The van der Waals surface area contributed by atoms with Crippen molar-refractivity contribution in [1.82, 2.24) is 4.90 Å². The van der Waals surface area contributed by atoms with Gasteiger partial charge in [-0.1, -0.05) is 30.3 Å². The maximum Gasteiger partial charge on any atom is 0.0900 e. The molecule has 1 fully saturated rings. The fourth-order valence-corrected chi connectivity index (χ4v) is 2.77. The molecule has 118 valence electrons. The number of aliphatic hydroxyl groups is 1. The summed E-state index contributed by atoms with van der Waals surface area (Å²) >= 11 is 0.